The fourth-order valence-electron chi connectivity index (χ4n) is 1.46. The monoisotopic (exact) mass is 186 g/mol. The third-order valence-corrected chi connectivity index (χ3v) is 2.15. The van der Waals surface area contributed by atoms with E-state index in [1.807, 2.05) is 30.3 Å². The van der Waals surface area contributed by atoms with Crippen molar-refractivity contribution >= 4 is 17.0 Å². The van der Waals surface area contributed by atoms with Crippen molar-refractivity contribution in [3.63, 3.8) is 0 Å². The summed E-state index contributed by atoms with van der Waals surface area (Å²) in [4.78, 5) is 0. The van der Waals surface area contributed by atoms with Gasteiger partial charge in [-0.05, 0) is 11.5 Å². The molecular weight excluding hydrogens is 176 g/mol. The van der Waals surface area contributed by atoms with E-state index in [-0.39, 0.29) is 5.75 Å². The van der Waals surface area contributed by atoms with E-state index in [0.717, 1.165) is 10.8 Å². The standard InChI is InChI=1S/C11H10N2O/c12-13-7-9-6-5-8-3-1-2-4-10(8)11(9)14/h1-7,14H,12H2. The molecule has 70 valence electrons. The predicted molar refractivity (Wildman–Crippen MR) is 57.4 cm³/mol. The molecule has 2 aromatic carbocycles. The zero-order valence-electron chi connectivity index (χ0n) is 7.51. The van der Waals surface area contributed by atoms with E-state index < -0.39 is 0 Å². The summed E-state index contributed by atoms with van der Waals surface area (Å²) in [5.41, 5.74) is 0.631. The fraction of sp³-hybridized carbons (Fsp3) is 0. The molecule has 2 aromatic rings. The van der Waals surface area contributed by atoms with Crippen LogP contribution in [0, 0.1) is 0 Å². The Labute approximate surface area is 81.5 Å². The van der Waals surface area contributed by atoms with Crippen LogP contribution in [0.3, 0.4) is 0 Å². The van der Waals surface area contributed by atoms with Gasteiger partial charge in [0.1, 0.15) is 5.75 Å². The van der Waals surface area contributed by atoms with E-state index in [9.17, 15) is 5.11 Å². The van der Waals surface area contributed by atoms with Gasteiger partial charge in [-0.25, -0.2) is 0 Å². The van der Waals surface area contributed by atoms with E-state index in [1.165, 1.54) is 6.21 Å². The molecule has 3 nitrogen and oxygen atoms in total. The molecule has 0 saturated carbocycles. The van der Waals surface area contributed by atoms with E-state index in [2.05, 4.69) is 5.10 Å². The van der Waals surface area contributed by atoms with Gasteiger partial charge in [0.2, 0.25) is 0 Å². The van der Waals surface area contributed by atoms with Gasteiger partial charge in [0, 0.05) is 10.9 Å². The second kappa shape index (κ2) is 3.38. The number of hydrazone groups is 1. The molecule has 0 aromatic heterocycles. The summed E-state index contributed by atoms with van der Waals surface area (Å²) in [7, 11) is 0. The summed E-state index contributed by atoms with van der Waals surface area (Å²) >= 11 is 0. The lowest BCUT2D eigenvalue weighted by atomic mass is 10.1. The molecule has 0 atom stereocenters. The normalized spacial score (nSPS) is 11.1. The topological polar surface area (TPSA) is 58.6 Å². The van der Waals surface area contributed by atoms with E-state index in [1.54, 1.807) is 6.07 Å². The second-order valence-corrected chi connectivity index (χ2v) is 3.00. The largest absolute Gasteiger partial charge is 0.507 e. The van der Waals surface area contributed by atoms with Gasteiger partial charge in [0.25, 0.3) is 0 Å². The first-order valence-corrected chi connectivity index (χ1v) is 4.27. The number of fused-ring (bicyclic) bond motifs is 1. The van der Waals surface area contributed by atoms with Crippen LogP contribution in [-0.4, -0.2) is 11.3 Å². The van der Waals surface area contributed by atoms with Crippen LogP contribution in [0.5, 0.6) is 5.75 Å². The van der Waals surface area contributed by atoms with Crippen LogP contribution in [-0.2, 0) is 0 Å². The summed E-state index contributed by atoms with van der Waals surface area (Å²) in [6.07, 6.45) is 1.43. The molecule has 2 rings (SSSR count). The van der Waals surface area contributed by atoms with Gasteiger partial charge < -0.3 is 10.9 Å². The minimum atomic E-state index is 0.220. The molecule has 0 radical (unpaired) electrons. The first-order chi connectivity index (χ1) is 6.83. The molecule has 0 heterocycles. The molecule has 0 fully saturated rings. The maximum Gasteiger partial charge on any atom is 0.132 e. The molecule has 0 unspecified atom stereocenters. The Bertz CT molecular complexity index is 492. The van der Waals surface area contributed by atoms with Gasteiger partial charge >= 0.3 is 0 Å². The highest BCUT2D eigenvalue weighted by atomic mass is 16.3. The number of hydrogen-bond donors (Lipinski definition) is 2. The van der Waals surface area contributed by atoms with E-state index >= 15 is 0 Å². The Balaban J connectivity index is 2.75. The van der Waals surface area contributed by atoms with Crippen molar-refractivity contribution in [2.75, 3.05) is 0 Å². The second-order valence-electron chi connectivity index (χ2n) is 3.00. The van der Waals surface area contributed by atoms with Crippen LogP contribution in [0.4, 0.5) is 0 Å². The highest BCUT2D eigenvalue weighted by molar-refractivity contribution is 5.96. The summed E-state index contributed by atoms with van der Waals surface area (Å²) in [5.74, 6) is 5.25. The number of hydrogen-bond acceptors (Lipinski definition) is 3. The maximum atomic E-state index is 9.83. The Morgan fingerprint density at radius 1 is 1.14 bits per heavy atom. The first kappa shape index (κ1) is 8.56. The lowest BCUT2D eigenvalue weighted by Gasteiger charge is -2.03. The number of nitrogens with zero attached hydrogens (tertiary/aromatic N) is 1. The quantitative estimate of drug-likeness (QED) is 0.405. The third-order valence-electron chi connectivity index (χ3n) is 2.15. The number of benzene rings is 2. The number of aromatic hydroxyl groups is 1. The molecule has 0 aliphatic rings. The van der Waals surface area contributed by atoms with Gasteiger partial charge in [-0.3, -0.25) is 0 Å². The predicted octanol–water partition coefficient (Wildman–Crippen LogP) is 1.84. The Morgan fingerprint density at radius 2 is 1.93 bits per heavy atom. The highest BCUT2D eigenvalue weighted by Gasteiger charge is 2.02. The van der Waals surface area contributed by atoms with Crippen LogP contribution in [0.15, 0.2) is 41.5 Å². The van der Waals surface area contributed by atoms with Crippen LogP contribution in [0.1, 0.15) is 5.56 Å². The summed E-state index contributed by atoms with van der Waals surface area (Å²) < 4.78 is 0. The fourth-order valence-corrected chi connectivity index (χ4v) is 1.46. The van der Waals surface area contributed by atoms with Crippen LogP contribution in [0.2, 0.25) is 0 Å². The average molecular weight is 186 g/mol. The Hall–Kier alpha value is -2.03. The van der Waals surface area contributed by atoms with Crippen molar-refractivity contribution in [1.82, 2.24) is 0 Å². The van der Waals surface area contributed by atoms with Gasteiger partial charge in [-0.15, -0.1) is 0 Å². The smallest absolute Gasteiger partial charge is 0.132 e. The SMILES string of the molecule is NN=Cc1ccc2ccccc2c1O. The summed E-state index contributed by atoms with van der Waals surface area (Å²) in [5, 5.41) is 15.0. The van der Waals surface area contributed by atoms with Gasteiger partial charge in [0.15, 0.2) is 0 Å². The number of nitrogens with two attached hydrogens (primary N) is 1. The van der Waals surface area contributed by atoms with Crippen molar-refractivity contribution in [2.24, 2.45) is 10.9 Å². The van der Waals surface area contributed by atoms with Crippen LogP contribution in [0.25, 0.3) is 10.8 Å². The highest BCUT2D eigenvalue weighted by Crippen LogP contribution is 2.27. The molecule has 3 heteroatoms. The number of phenolic OH excluding ortho intramolecular Hbond substituents is 1. The summed E-state index contributed by atoms with van der Waals surface area (Å²) in [6.45, 7) is 0. The van der Waals surface area contributed by atoms with Gasteiger partial charge in [-0.2, -0.15) is 5.10 Å². The number of phenols is 1. The summed E-state index contributed by atoms with van der Waals surface area (Å²) in [6, 6.07) is 11.3. The lowest BCUT2D eigenvalue weighted by Crippen LogP contribution is -1.87. The van der Waals surface area contributed by atoms with Crippen molar-refractivity contribution in [2.45, 2.75) is 0 Å². The Kier molecular flexibility index (Phi) is 2.07. The van der Waals surface area contributed by atoms with E-state index in [0.29, 0.717) is 5.56 Å². The molecule has 0 aliphatic carbocycles. The van der Waals surface area contributed by atoms with Crippen molar-refractivity contribution < 1.29 is 5.11 Å². The van der Waals surface area contributed by atoms with Crippen molar-refractivity contribution in [1.29, 1.82) is 0 Å². The zero-order chi connectivity index (χ0) is 9.97. The Morgan fingerprint density at radius 3 is 2.71 bits per heavy atom. The van der Waals surface area contributed by atoms with Crippen molar-refractivity contribution in [3.05, 3.63) is 42.0 Å². The van der Waals surface area contributed by atoms with E-state index in [4.69, 9.17) is 5.84 Å². The minimum Gasteiger partial charge on any atom is -0.507 e. The lowest BCUT2D eigenvalue weighted by molar-refractivity contribution is 0.481. The molecule has 0 aliphatic heterocycles. The zero-order valence-corrected chi connectivity index (χ0v) is 7.51. The molecular formula is C11H10N2O. The molecule has 0 saturated heterocycles. The average Bonchev–Trinajstić information content (AvgIpc) is 2.23. The molecule has 0 amide bonds. The van der Waals surface area contributed by atoms with Crippen molar-refractivity contribution in [3.8, 4) is 5.75 Å². The minimum absolute atomic E-state index is 0.220. The first-order valence-electron chi connectivity index (χ1n) is 4.27. The maximum absolute atomic E-state index is 9.83. The van der Waals surface area contributed by atoms with Gasteiger partial charge in [-0.1, -0.05) is 30.3 Å². The van der Waals surface area contributed by atoms with Gasteiger partial charge in [0.05, 0.1) is 6.21 Å². The molecule has 0 bridgehead atoms. The molecule has 3 N–H and O–H groups in total. The third kappa shape index (κ3) is 1.29. The van der Waals surface area contributed by atoms with Crippen LogP contribution >= 0.6 is 0 Å². The number of rotatable bonds is 1. The molecule has 0 spiro atoms. The van der Waals surface area contributed by atoms with Crippen LogP contribution < -0.4 is 5.84 Å². The molecule has 14 heavy (non-hydrogen) atoms.